The van der Waals surface area contributed by atoms with E-state index in [2.05, 4.69) is 29.9 Å². The molecule has 0 saturated carbocycles. The van der Waals surface area contributed by atoms with Gasteiger partial charge >= 0.3 is 6.18 Å². The Balaban J connectivity index is 1.83. The second-order valence-corrected chi connectivity index (χ2v) is 8.15. The van der Waals surface area contributed by atoms with Crippen LogP contribution in [-0.2, 0) is 11.6 Å². The first-order valence-corrected chi connectivity index (χ1v) is 10.1. The van der Waals surface area contributed by atoms with Gasteiger partial charge in [0, 0.05) is 39.6 Å². The van der Waals surface area contributed by atoms with Gasteiger partial charge in [-0.15, -0.1) is 0 Å². The average molecular weight is 418 g/mol. The monoisotopic (exact) mass is 418 g/mol. The average Bonchev–Trinajstić information content (AvgIpc) is 3.38. The lowest BCUT2D eigenvalue weighted by Gasteiger charge is -2.31. The molecule has 5 heteroatoms. The second kappa shape index (κ2) is 6.77. The quantitative estimate of drug-likeness (QED) is 0.307. The molecule has 156 valence electrons. The summed E-state index contributed by atoms with van der Waals surface area (Å²) in [5.41, 5.74) is 4.65. The number of hydrogen-bond donors (Lipinski definition) is 2. The Labute approximate surface area is 177 Å². The summed E-state index contributed by atoms with van der Waals surface area (Å²) < 4.78 is 39.7. The van der Waals surface area contributed by atoms with E-state index in [1.807, 2.05) is 48.8 Å². The molecule has 0 radical (unpaired) electrons. The van der Waals surface area contributed by atoms with Crippen molar-refractivity contribution in [3.63, 3.8) is 0 Å². The van der Waals surface area contributed by atoms with Gasteiger partial charge in [0.15, 0.2) is 0 Å². The molecule has 1 unspecified atom stereocenters. The highest BCUT2D eigenvalue weighted by Crippen LogP contribution is 2.45. The van der Waals surface area contributed by atoms with E-state index in [4.69, 9.17) is 0 Å². The molecule has 0 bridgehead atoms. The van der Waals surface area contributed by atoms with Crippen LogP contribution in [-0.4, -0.2) is 9.97 Å². The van der Waals surface area contributed by atoms with E-state index in [0.717, 1.165) is 44.1 Å². The zero-order chi connectivity index (χ0) is 21.8. The van der Waals surface area contributed by atoms with E-state index in [9.17, 15) is 13.2 Å². The molecule has 0 fully saturated rings. The van der Waals surface area contributed by atoms with Crippen LogP contribution in [0.5, 0.6) is 0 Å². The lowest BCUT2D eigenvalue weighted by molar-refractivity contribution is -0.137. The molecular formula is C26H21F3N2. The molecule has 2 heterocycles. The summed E-state index contributed by atoms with van der Waals surface area (Å²) in [6, 6.07) is 19.6. The number of hydrogen-bond acceptors (Lipinski definition) is 0. The molecule has 0 amide bonds. The molecule has 0 spiro atoms. The maximum absolute atomic E-state index is 13.2. The summed E-state index contributed by atoms with van der Waals surface area (Å²) in [4.78, 5) is 6.69. The standard InChI is InChI=1S/C26H21F3N2/c1-16-6-5-9-23-24(16)21(15-31-23)25(2,17-10-12-18(13-11-17)26(27,28)29)20-14-30-22-8-4-3-7-19(20)22/h3-15,30-31H,1-2H3. The molecule has 2 N–H and O–H groups in total. The van der Waals surface area contributed by atoms with Crippen LogP contribution in [0.1, 0.15) is 34.7 Å². The van der Waals surface area contributed by atoms with Crippen molar-refractivity contribution >= 4 is 21.8 Å². The SMILES string of the molecule is Cc1cccc2[nH]cc(C(C)(c3ccc(C(F)(F)F)cc3)c3c[nH]c4ccccc34)c12. The number of aryl methyl sites for hydroxylation is 1. The van der Waals surface area contributed by atoms with Crippen LogP contribution in [0.3, 0.4) is 0 Å². The van der Waals surface area contributed by atoms with E-state index < -0.39 is 17.2 Å². The van der Waals surface area contributed by atoms with Crippen LogP contribution in [0.25, 0.3) is 21.8 Å². The summed E-state index contributed by atoms with van der Waals surface area (Å²) in [5, 5.41) is 2.14. The van der Waals surface area contributed by atoms with Crippen LogP contribution in [0, 0.1) is 6.92 Å². The number of para-hydroxylation sites is 1. The molecule has 3 aromatic carbocycles. The minimum atomic E-state index is -4.37. The van der Waals surface area contributed by atoms with Gasteiger partial charge in [-0.1, -0.05) is 42.5 Å². The minimum absolute atomic E-state index is 0.646. The van der Waals surface area contributed by atoms with E-state index in [-0.39, 0.29) is 0 Å². The fourth-order valence-electron chi connectivity index (χ4n) is 4.70. The second-order valence-electron chi connectivity index (χ2n) is 8.15. The number of fused-ring (bicyclic) bond motifs is 2. The van der Waals surface area contributed by atoms with Crippen LogP contribution >= 0.6 is 0 Å². The Kier molecular flexibility index (Phi) is 4.26. The van der Waals surface area contributed by atoms with Crippen LogP contribution in [0.2, 0.25) is 0 Å². The van der Waals surface area contributed by atoms with Gasteiger partial charge in [0.2, 0.25) is 0 Å². The fraction of sp³-hybridized carbons (Fsp3) is 0.154. The summed E-state index contributed by atoms with van der Waals surface area (Å²) in [7, 11) is 0. The first kappa shape index (κ1) is 19.5. The van der Waals surface area contributed by atoms with Crippen molar-refractivity contribution in [2.75, 3.05) is 0 Å². The van der Waals surface area contributed by atoms with Gasteiger partial charge in [-0.05, 0) is 60.4 Å². The predicted octanol–water partition coefficient (Wildman–Crippen LogP) is 7.33. The summed E-state index contributed by atoms with van der Waals surface area (Å²) in [5.74, 6) is 0. The van der Waals surface area contributed by atoms with E-state index in [0.29, 0.717) is 0 Å². The van der Waals surface area contributed by atoms with Crippen LogP contribution < -0.4 is 0 Å². The maximum Gasteiger partial charge on any atom is 0.416 e. The third kappa shape index (κ3) is 2.95. The van der Waals surface area contributed by atoms with Crippen molar-refractivity contribution in [2.24, 2.45) is 0 Å². The molecule has 0 aliphatic rings. The highest BCUT2D eigenvalue weighted by atomic mass is 19.4. The predicted molar refractivity (Wildman–Crippen MR) is 118 cm³/mol. The Bertz CT molecular complexity index is 1390. The molecule has 2 aromatic heterocycles. The molecular weight excluding hydrogens is 397 g/mol. The van der Waals surface area contributed by atoms with E-state index >= 15 is 0 Å². The summed E-state index contributed by atoms with van der Waals surface area (Å²) in [6.07, 6.45) is -0.413. The zero-order valence-corrected chi connectivity index (χ0v) is 17.1. The first-order chi connectivity index (χ1) is 14.8. The number of alkyl halides is 3. The number of H-pyrrole nitrogens is 2. The summed E-state index contributed by atoms with van der Waals surface area (Å²) in [6.45, 7) is 4.14. The zero-order valence-electron chi connectivity index (χ0n) is 17.1. The van der Waals surface area contributed by atoms with Crippen LogP contribution in [0.4, 0.5) is 13.2 Å². The Morgan fingerprint density at radius 3 is 2.03 bits per heavy atom. The van der Waals surface area contributed by atoms with Gasteiger partial charge in [0.1, 0.15) is 0 Å². The first-order valence-electron chi connectivity index (χ1n) is 10.1. The molecule has 2 nitrogen and oxygen atoms in total. The maximum atomic E-state index is 13.2. The van der Waals surface area contributed by atoms with Crippen molar-refractivity contribution in [2.45, 2.75) is 25.4 Å². The molecule has 5 aromatic rings. The topological polar surface area (TPSA) is 31.6 Å². The number of benzene rings is 3. The number of halogens is 3. The molecule has 0 aliphatic carbocycles. The van der Waals surface area contributed by atoms with Crippen molar-refractivity contribution in [1.82, 2.24) is 9.97 Å². The van der Waals surface area contributed by atoms with Crippen LogP contribution in [0.15, 0.2) is 79.1 Å². The smallest absolute Gasteiger partial charge is 0.361 e. The van der Waals surface area contributed by atoms with Crippen molar-refractivity contribution < 1.29 is 13.2 Å². The van der Waals surface area contributed by atoms with Crippen molar-refractivity contribution in [3.05, 3.63) is 107 Å². The lowest BCUT2D eigenvalue weighted by atomic mass is 9.70. The van der Waals surface area contributed by atoms with Gasteiger partial charge in [0.05, 0.1) is 5.56 Å². The third-order valence-corrected chi connectivity index (χ3v) is 6.37. The Morgan fingerprint density at radius 1 is 0.677 bits per heavy atom. The molecule has 5 rings (SSSR count). The number of aromatic nitrogens is 2. The third-order valence-electron chi connectivity index (χ3n) is 6.37. The summed E-state index contributed by atoms with van der Waals surface area (Å²) >= 11 is 0. The lowest BCUT2D eigenvalue weighted by Crippen LogP contribution is -2.25. The molecule has 1 atom stereocenters. The van der Waals surface area contributed by atoms with Crippen molar-refractivity contribution in [1.29, 1.82) is 0 Å². The molecule has 31 heavy (non-hydrogen) atoms. The van der Waals surface area contributed by atoms with Gasteiger partial charge in [-0.2, -0.15) is 13.2 Å². The Morgan fingerprint density at radius 2 is 1.29 bits per heavy atom. The largest absolute Gasteiger partial charge is 0.416 e. The minimum Gasteiger partial charge on any atom is -0.361 e. The van der Waals surface area contributed by atoms with Gasteiger partial charge in [-0.25, -0.2) is 0 Å². The van der Waals surface area contributed by atoms with E-state index in [1.54, 1.807) is 12.1 Å². The number of rotatable bonds is 3. The van der Waals surface area contributed by atoms with Gasteiger partial charge in [0.25, 0.3) is 0 Å². The molecule has 0 aliphatic heterocycles. The highest BCUT2D eigenvalue weighted by molar-refractivity contribution is 5.92. The highest BCUT2D eigenvalue weighted by Gasteiger charge is 2.37. The fourth-order valence-corrected chi connectivity index (χ4v) is 4.70. The van der Waals surface area contributed by atoms with E-state index in [1.165, 1.54) is 12.1 Å². The van der Waals surface area contributed by atoms with Crippen molar-refractivity contribution in [3.8, 4) is 0 Å². The number of aromatic amines is 2. The Hall–Kier alpha value is -3.47. The molecule has 0 saturated heterocycles. The van der Waals surface area contributed by atoms with Gasteiger partial charge < -0.3 is 9.97 Å². The normalized spacial score (nSPS) is 14.2. The number of nitrogens with one attached hydrogen (secondary N) is 2. The van der Waals surface area contributed by atoms with Gasteiger partial charge in [-0.3, -0.25) is 0 Å².